The van der Waals surface area contributed by atoms with Crippen molar-refractivity contribution in [3.8, 4) is 0 Å². The molecule has 1 aromatic carbocycles. The van der Waals surface area contributed by atoms with Crippen molar-refractivity contribution in [2.24, 2.45) is 0 Å². The third-order valence-corrected chi connectivity index (χ3v) is 7.16. The minimum Gasteiger partial charge on any atom is -0.457 e. The average Bonchev–Trinajstić information content (AvgIpc) is 3.51. The molecule has 4 heterocycles. The van der Waals surface area contributed by atoms with E-state index in [-0.39, 0.29) is 23.4 Å². The molecular formula is C23H16N2O5S2. The molecule has 0 bridgehead atoms. The number of anilines is 1. The molecule has 0 spiro atoms. The average molecular weight is 465 g/mol. The van der Waals surface area contributed by atoms with Gasteiger partial charge in [0.25, 0.3) is 5.91 Å². The van der Waals surface area contributed by atoms with Crippen molar-refractivity contribution in [3.05, 3.63) is 91.4 Å². The molecule has 5 rings (SSSR count). The number of esters is 1. The summed E-state index contributed by atoms with van der Waals surface area (Å²) in [4.78, 5) is 46.3. The quantitative estimate of drug-likeness (QED) is 0.314. The zero-order chi connectivity index (χ0) is 22.4. The number of para-hydroxylation sites is 1. The predicted molar refractivity (Wildman–Crippen MR) is 123 cm³/mol. The highest BCUT2D eigenvalue weighted by Crippen LogP contribution is 2.44. The molecule has 0 fully saturated rings. The van der Waals surface area contributed by atoms with Crippen LogP contribution in [0, 0.1) is 6.92 Å². The first-order valence-corrected chi connectivity index (χ1v) is 11.4. The Morgan fingerprint density at radius 3 is 2.84 bits per heavy atom. The largest absolute Gasteiger partial charge is 0.457 e. The van der Waals surface area contributed by atoms with Crippen molar-refractivity contribution in [2.75, 3.05) is 11.5 Å². The monoisotopic (exact) mass is 464 g/mol. The van der Waals surface area contributed by atoms with Gasteiger partial charge in [-0.2, -0.15) is 0 Å². The Kier molecular flexibility index (Phi) is 4.99. The third-order valence-electron chi connectivity index (χ3n) is 5.10. The van der Waals surface area contributed by atoms with Crippen LogP contribution < -0.4 is 10.3 Å². The van der Waals surface area contributed by atoms with Crippen molar-refractivity contribution < 1.29 is 18.7 Å². The van der Waals surface area contributed by atoms with Crippen molar-refractivity contribution in [1.82, 2.24) is 4.98 Å². The Labute approximate surface area is 190 Å². The maximum Gasteiger partial charge on any atom is 0.350 e. The second kappa shape index (κ2) is 7.85. The van der Waals surface area contributed by atoms with Gasteiger partial charge in [-0.15, -0.1) is 11.3 Å². The fourth-order valence-corrected chi connectivity index (χ4v) is 5.52. The number of carbonyl (C=O) groups excluding carboxylic acids is 2. The van der Waals surface area contributed by atoms with Crippen LogP contribution in [0.25, 0.3) is 11.0 Å². The van der Waals surface area contributed by atoms with Crippen LogP contribution in [0.4, 0.5) is 5.13 Å². The molecule has 9 heteroatoms. The summed E-state index contributed by atoms with van der Waals surface area (Å²) in [5.74, 6) is -1.01. The normalized spacial score (nSPS) is 15.2. The third kappa shape index (κ3) is 3.09. The number of carbonyl (C=O) groups is 2. The lowest BCUT2D eigenvalue weighted by Crippen LogP contribution is -2.28. The zero-order valence-electron chi connectivity index (χ0n) is 16.9. The number of amides is 1. The van der Waals surface area contributed by atoms with E-state index in [1.807, 2.05) is 17.5 Å². The van der Waals surface area contributed by atoms with E-state index in [1.165, 1.54) is 22.3 Å². The van der Waals surface area contributed by atoms with E-state index in [9.17, 15) is 14.4 Å². The van der Waals surface area contributed by atoms with E-state index >= 15 is 0 Å². The molecule has 1 amide bonds. The molecule has 0 radical (unpaired) electrons. The Morgan fingerprint density at radius 1 is 1.28 bits per heavy atom. The molecule has 1 aliphatic heterocycles. The number of thiophene rings is 1. The highest BCUT2D eigenvalue weighted by atomic mass is 32.1. The van der Waals surface area contributed by atoms with Crippen LogP contribution in [0.3, 0.4) is 0 Å². The number of rotatable bonds is 5. The van der Waals surface area contributed by atoms with Gasteiger partial charge in [0.2, 0.25) is 5.76 Å². The number of thiazole rings is 1. The SMILES string of the molecule is C=CCOC(=O)c1sc(N2C(=O)c3oc4ccccc4c(=O)c3[C@@H]2c2cccs2)nc1C. The fraction of sp³-hybridized carbons (Fsp3) is 0.130. The minimum absolute atomic E-state index is 0.00395. The summed E-state index contributed by atoms with van der Waals surface area (Å²) in [6.07, 6.45) is 1.48. The van der Waals surface area contributed by atoms with Crippen LogP contribution in [-0.2, 0) is 4.74 Å². The maximum atomic E-state index is 13.5. The first kappa shape index (κ1) is 20.3. The van der Waals surface area contributed by atoms with Crippen LogP contribution in [0.5, 0.6) is 0 Å². The summed E-state index contributed by atoms with van der Waals surface area (Å²) in [5, 5.41) is 2.59. The van der Waals surface area contributed by atoms with E-state index in [0.717, 1.165) is 16.2 Å². The number of nitrogens with zero attached hydrogens (tertiary/aromatic N) is 2. The van der Waals surface area contributed by atoms with Crippen LogP contribution in [0.15, 0.2) is 63.6 Å². The van der Waals surface area contributed by atoms with Crippen molar-refractivity contribution >= 4 is 50.7 Å². The van der Waals surface area contributed by atoms with Gasteiger partial charge in [0, 0.05) is 4.88 Å². The Bertz CT molecular complexity index is 1430. The van der Waals surface area contributed by atoms with Crippen LogP contribution >= 0.6 is 22.7 Å². The molecule has 1 atom stereocenters. The Morgan fingerprint density at radius 2 is 2.09 bits per heavy atom. The summed E-state index contributed by atoms with van der Waals surface area (Å²) >= 11 is 2.47. The second-order valence-corrected chi connectivity index (χ2v) is 9.02. The number of hydrogen-bond donors (Lipinski definition) is 0. The molecular weight excluding hydrogens is 448 g/mol. The predicted octanol–water partition coefficient (Wildman–Crippen LogP) is 4.71. The highest BCUT2D eigenvalue weighted by molar-refractivity contribution is 7.17. The zero-order valence-corrected chi connectivity index (χ0v) is 18.5. The van der Waals surface area contributed by atoms with Gasteiger partial charge in [0.05, 0.1) is 16.6 Å². The Balaban J connectivity index is 1.69. The van der Waals surface area contributed by atoms with Gasteiger partial charge >= 0.3 is 5.97 Å². The molecule has 160 valence electrons. The van der Waals surface area contributed by atoms with Crippen LogP contribution in [0.1, 0.15) is 42.4 Å². The molecule has 0 unspecified atom stereocenters. The second-order valence-electron chi connectivity index (χ2n) is 7.06. The minimum atomic E-state index is -0.694. The molecule has 0 saturated heterocycles. The molecule has 32 heavy (non-hydrogen) atoms. The highest BCUT2D eigenvalue weighted by Gasteiger charge is 2.45. The van der Waals surface area contributed by atoms with Crippen molar-refractivity contribution in [3.63, 3.8) is 0 Å². The number of ether oxygens (including phenoxy) is 1. The van der Waals surface area contributed by atoms with Crippen LogP contribution in [-0.4, -0.2) is 23.5 Å². The molecule has 0 N–H and O–H groups in total. The van der Waals surface area contributed by atoms with Gasteiger partial charge in [-0.05, 0) is 30.5 Å². The van der Waals surface area contributed by atoms with Gasteiger partial charge < -0.3 is 9.15 Å². The lowest BCUT2D eigenvalue weighted by atomic mass is 10.0. The van der Waals surface area contributed by atoms with Gasteiger partial charge in [-0.3, -0.25) is 14.5 Å². The van der Waals surface area contributed by atoms with E-state index in [2.05, 4.69) is 11.6 Å². The molecule has 1 aliphatic rings. The number of hydrogen-bond acceptors (Lipinski definition) is 8. The summed E-state index contributed by atoms with van der Waals surface area (Å²) < 4.78 is 11.0. The number of aromatic nitrogens is 1. The van der Waals surface area contributed by atoms with Gasteiger partial charge in [-0.25, -0.2) is 9.78 Å². The van der Waals surface area contributed by atoms with Gasteiger partial charge in [0.1, 0.15) is 23.1 Å². The lowest BCUT2D eigenvalue weighted by molar-refractivity contribution is 0.0554. The van der Waals surface area contributed by atoms with Crippen molar-refractivity contribution in [2.45, 2.75) is 13.0 Å². The molecule has 0 saturated carbocycles. The molecule has 3 aromatic heterocycles. The smallest absolute Gasteiger partial charge is 0.350 e. The van der Waals surface area contributed by atoms with E-state index < -0.39 is 17.9 Å². The molecule has 4 aromatic rings. The standard InChI is InChI=1S/C23H16N2O5S2/c1-3-10-29-22(28)20-12(2)24-23(32-20)25-17(15-9-6-11-31-15)16-18(26)13-7-4-5-8-14(13)30-19(16)21(25)27/h3-9,11,17H,1,10H2,2H3/t17-/m0/s1. The maximum absolute atomic E-state index is 13.5. The lowest BCUT2D eigenvalue weighted by Gasteiger charge is -2.20. The van der Waals surface area contributed by atoms with E-state index in [0.29, 0.717) is 26.7 Å². The number of fused-ring (bicyclic) bond motifs is 2. The topological polar surface area (TPSA) is 89.7 Å². The Hall–Kier alpha value is -3.56. The first-order chi connectivity index (χ1) is 15.5. The van der Waals surface area contributed by atoms with E-state index in [1.54, 1.807) is 31.2 Å². The summed E-state index contributed by atoms with van der Waals surface area (Å²) in [6.45, 7) is 5.29. The summed E-state index contributed by atoms with van der Waals surface area (Å²) in [5.41, 5.74) is 0.812. The number of aryl methyl sites for hydroxylation is 1. The summed E-state index contributed by atoms with van der Waals surface area (Å²) in [6, 6.07) is 9.87. The molecule has 0 aliphatic carbocycles. The van der Waals surface area contributed by atoms with Crippen molar-refractivity contribution in [1.29, 1.82) is 0 Å². The van der Waals surface area contributed by atoms with Gasteiger partial charge in [0.15, 0.2) is 10.6 Å². The summed E-state index contributed by atoms with van der Waals surface area (Å²) in [7, 11) is 0. The fourth-order valence-electron chi connectivity index (χ4n) is 3.71. The van der Waals surface area contributed by atoms with E-state index in [4.69, 9.17) is 9.15 Å². The van der Waals surface area contributed by atoms with Gasteiger partial charge in [-0.1, -0.05) is 42.2 Å². The first-order valence-electron chi connectivity index (χ1n) is 9.69. The number of benzene rings is 1. The van der Waals surface area contributed by atoms with Crippen LogP contribution in [0.2, 0.25) is 0 Å². The molecule has 7 nitrogen and oxygen atoms in total.